The van der Waals surface area contributed by atoms with Gasteiger partial charge in [0.1, 0.15) is 11.3 Å². The van der Waals surface area contributed by atoms with Crippen LogP contribution >= 0.6 is 0 Å². The Kier molecular flexibility index (Phi) is 2.53. The Balaban J connectivity index is 1.81. The van der Waals surface area contributed by atoms with Crippen molar-refractivity contribution in [1.29, 1.82) is 0 Å². The lowest BCUT2D eigenvalue weighted by molar-refractivity contribution is 0.165. The molecular formula is C17H19FN2. The molecule has 3 heteroatoms. The quantitative estimate of drug-likeness (QED) is 0.776. The molecule has 2 nitrogen and oxygen atoms in total. The Morgan fingerprint density at radius 1 is 1.25 bits per heavy atom. The predicted octanol–water partition coefficient (Wildman–Crippen LogP) is 4.06. The van der Waals surface area contributed by atoms with Gasteiger partial charge < -0.3 is 4.90 Å². The predicted molar refractivity (Wildman–Crippen MR) is 79.6 cm³/mol. The minimum absolute atomic E-state index is 0.218. The lowest BCUT2D eigenvalue weighted by Gasteiger charge is -2.38. The largest absolute Gasteiger partial charge is 0.370 e. The average molecular weight is 270 g/mol. The lowest BCUT2D eigenvalue weighted by atomic mass is 9.68. The van der Waals surface area contributed by atoms with Crippen LogP contribution in [0, 0.1) is 18.2 Å². The average Bonchev–Trinajstić information content (AvgIpc) is 2.84. The molecule has 1 spiro atoms. The summed E-state index contributed by atoms with van der Waals surface area (Å²) < 4.78 is 14.0. The van der Waals surface area contributed by atoms with E-state index in [1.165, 1.54) is 31.7 Å². The molecule has 2 aliphatic rings. The fourth-order valence-electron chi connectivity index (χ4n) is 3.81. The molecule has 0 atom stereocenters. The van der Waals surface area contributed by atoms with Gasteiger partial charge in [0.25, 0.3) is 0 Å². The summed E-state index contributed by atoms with van der Waals surface area (Å²) in [7, 11) is 0. The molecule has 1 saturated heterocycles. The highest BCUT2D eigenvalue weighted by Gasteiger charge is 2.43. The molecule has 1 aliphatic carbocycles. The Labute approximate surface area is 118 Å². The number of anilines is 1. The number of para-hydroxylation sites is 1. The molecule has 1 aromatic heterocycles. The number of aromatic nitrogens is 1. The third-order valence-corrected chi connectivity index (χ3v) is 5.09. The highest BCUT2D eigenvalue weighted by molar-refractivity contribution is 5.92. The first-order valence-corrected chi connectivity index (χ1v) is 7.48. The number of pyridine rings is 1. The number of hydrogen-bond donors (Lipinski definition) is 0. The Bertz CT molecular complexity index is 676. The van der Waals surface area contributed by atoms with Crippen LogP contribution in [0.5, 0.6) is 0 Å². The van der Waals surface area contributed by atoms with Gasteiger partial charge in [0.05, 0.1) is 0 Å². The van der Waals surface area contributed by atoms with E-state index in [1.807, 2.05) is 13.0 Å². The monoisotopic (exact) mass is 270 g/mol. The Morgan fingerprint density at radius 2 is 2.10 bits per heavy atom. The Hall–Kier alpha value is -1.64. The summed E-state index contributed by atoms with van der Waals surface area (Å²) in [4.78, 5) is 6.82. The third-order valence-electron chi connectivity index (χ3n) is 5.09. The maximum atomic E-state index is 14.0. The van der Waals surface area contributed by atoms with Crippen molar-refractivity contribution < 1.29 is 4.39 Å². The zero-order valence-corrected chi connectivity index (χ0v) is 11.8. The molecule has 0 amide bonds. The van der Waals surface area contributed by atoms with E-state index >= 15 is 0 Å². The summed E-state index contributed by atoms with van der Waals surface area (Å²) in [6, 6.07) is 7.38. The molecule has 0 unspecified atom stereocenters. The van der Waals surface area contributed by atoms with Crippen LogP contribution in [0.3, 0.4) is 0 Å². The van der Waals surface area contributed by atoms with Gasteiger partial charge in [-0.15, -0.1) is 0 Å². The normalized spacial score (nSPS) is 20.6. The second-order valence-electron chi connectivity index (χ2n) is 6.44. The zero-order valence-electron chi connectivity index (χ0n) is 11.8. The van der Waals surface area contributed by atoms with Crippen LogP contribution < -0.4 is 4.90 Å². The number of hydrogen-bond acceptors (Lipinski definition) is 2. The van der Waals surface area contributed by atoms with Crippen molar-refractivity contribution in [3.8, 4) is 0 Å². The summed E-state index contributed by atoms with van der Waals surface area (Å²) in [6.45, 7) is 4.17. The molecule has 104 valence electrons. The molecule has 1 aromatic carbocycles. The third kappa shape index (κ3) is 1.72. The van der Waals surface area contributed by atoms with E-state index in [0.717, 1.165) is 29.9 Å². The van der Waals surface area contributed by atoms with Gasteiger partial charge in [-0.2, -0.15) is 0 Å². The summed E-state index contributed by atoms with van der Waals surface area (Å²) >= 11 is 0. The number of halogens is 1. The Morgan fingerprint density at radius 3 is 2.80 bits per heavy atom. The highest BCUT2D eigenvalue weighted by Crippen LogP contribution is 2.49. The molecule has 2 aromatic rings. The maximum absolute atomic E-state index is 14.0. The second kappa shape index (κ2) is 4.18. The zero-order chi connectivity index (χ0) is 13.7. The molecule has 2 heterocycles. The van der Waals surface area contributed by atoms with Gasteiger partial charge in [0.2, 0.25) is 0 Å². The number of benzene rings is 1. The van der Waals surface area contributed by atoms with E-state index in [1.54, 1.807) is 6.07 Å². The summed E-state index contributed by atoms with van der Waals surface area (Å²) in [6.07, 6.45) is 5.38. The van der Waals surface area contributed by atoms with Crippen LogP contribution in [0.4, 0.5) is 10.1 Å². The first-order chi connectivity index (χ1) is 9.67. The molecule has 0 radical (unpaired) electrons. The van der Waals surface area contributed by atoms with Crippen LogP contribution in [-0.4, -0.2) is 18.1 Å². The van der Waals surface area contributed by atoms with Gasteiger partial charge in [0, 0.05) is 29.9 Å². The molecule has 1 aliphatic heterocycles. The van der Waals surface area contributed by atoms with Crippen molar-refractivity contribution in [2.24, 2.45) is 5.41 Å². The van der Waals surface area contributed by atoms with Gasteiger partial charge in [-0.1, -0.05) is 18.6 Å². The summed E-state index contributed by atoms with van der Waals surface area (Å²) in [5.74, 6) is -0.218. The fraction of sp³-hybridized carbons (Fsp3) is 0.471. The fourth-order valence-corrected chi connectivity index (χ4v) is 3.81. The van der Waals surface area contributed by atoms with E-state index in [2.05, 4.69) is 16.0 Å². The van der Waals surface area contributed by atoms with Gasteiger partial charge in [-0.05, 0) is 43.7 Å². The van der Waals surface area contributed by atoms with E-state index in [0.29, 0.717) is 10.9 Å². The van der Waals surface area contributed by atoms with Gasteiger partial charge in [0.15, 0.2) is 0 Å². The molecular weight excluding hydrogens is 251 g/mol. The first-order valence-electron chi connectivity index (χ1n) is 7.48. The number of aryl methyl sites for hydroxylation is 1. The molecule has 0 bridgehead atoms. The van der Waals surface area contributed by atoms with Crippen LogP contribution in [0.2, 0.25) is 0 Å². The van der Waals surface area contributed by atoms with Crippen molar-refractivity contribution in [2.75, 3.05) is 18.0 Å². The summed E-state index contributed by atoms with van der Waals surface area (Å²) in [5, 5.41) is 0.951. The van der Waals surface area contributed by atoms with Crippen molar-refractivity contribution in [3.63, 3.8) is 0 Å². The topological polar surface area (TPSA) is 16.1 Å². The minimum Gasteiger partial charge on any atom is -0.370 e. The number of nitrogens with zero attached hydrogens (tertiary/aromatic N) is 2. The number of fused-ring (bicyclic) bond motifs is 1. The minimum atomic E-state index is -0.218. The van der Waals surface area contributed by atoms with E-state index in [4.69, 9.17) is 0 Å². The van der Waals surface area contributed by atoms with E-state index in [9.17, 15) is 4.39 Å². The van der Waals surface area contributed by atoms with Gasteiger partial charge >= 0.3 is 0 Å². The van der Waals surface area contributed by atoms with Crippen LogP contribution in [-0.2, 0) is 0 Å². The highest BCUT2D eigenvalue weighted by atomic mass is 19.1. The van der Waals surface area contributed by atoms with Crippen molar-refractivity contribution in [3.05, 3.63) is 35.8 Å². The van der Waals surface area contributed by atoms with Crippen molar-refractivity contribution in [1.82, 2.24) is 4.98 Å². The lowest BCUT2D eigenvalue weighted by Crippen LogP contribution is -2.33. The molecule has 0 N–H and O–H groups in total. The SMILES string of the molecule is Cc1cc(N2CCC3(CCC3)C2)c2cccc(F)c2n1. The van der Waals surface area contributed by atoms with E-state index in [-0.39, 0.29) is 5.82 Å². The first kappa shape index (κ1) is 12.1. The molecule has 4 rings (SSSR count). The molecule has 1 saturated carbocycles. The van der Waals surface area contributed by atoms with Crippen LogP contribution in [0.1, 0.15) is 31.4 Å². The maximum Gasteiger partial charge on any atom is 0.149 e. The molecule has 20 heavy (non-hydrogen) atoms. The van der Waals surface area contributed by atoms with Crippen LogP contribution in [0.25, 0.3) is 10.9 Å². The smallest absolute Gasteiger partial charge is 0.149 e. The van der Waals surface area contributed by atoms with Crippen molar-refractivity contribution in [2.45, 2.75) is 32.6 Å². The number of rotatable bonds is 1. The van der Waals surface area contributed by atoms with E-state index < -0.39 is 0 Å². The van der Waals surface area contributed by atoms with Gasteiger partial charge in [-0.3, -0.25) is 0 Å². The van der Waals surface area contributed by atoms with Crippen molar-refractivity contribution >= 4 is 16.6 Å². The van der Waals surface area contributed by atoms with Gasteiger partial charge in [-0.25, -0.2) is 9.37 Å². The summed E-state index contributed by atoms with van der Waals surface area (Å²) in [5.41, 5.74) is 3.12. The second-order valence-corrected chi connectivity index (χ2v) is 6.44. The standard InChI is InChI=1S/C17H19FN2/c1-12-10-15(13-4-2-5-14(18)16(13)19-12)20-9-8-17(11-20)6-3-7-17/h2,4-5,10H,3,6-9,11H2,1H3. The molecule has 2 fully saturated rings. The van der Waals surface area contributed by atoms with Crippen LogP contribution in [0.15, 0.2) is 24.3 Å².